The summed E-state index contributed by atoms with van der Waals surface area (Å²) in [6, 6.07) is 12.8. The molecule has 7 nitrogen and oxygen atoms in total. The maximum Gasteiger partial charge on any atom is 0.242 e. The molecule has 1 amide bonds. The topological polar surface area (TPSA) is 83.1 Å². The van der Waals surface area contributed by atoms with Crippen LogP contribution in [0, 0.1) is 12.8 Å². The molecule has 160 valence electrons. The lowest BCUT2D eigenvalue weighted by atomic mass is 9.83. The van der Waals surface area contributed by atoms with Gasteiger partial charge < -0.3 is 19.5 Å². The Hall–Kier alpha value is -2.61. The molecule has 3 N–H and O–H groups in total. The van der Waals surface area contributed by atoms with Crippen LogP contribution in [0.3, 0.4) is 0 Å². The summed E-state index contributed by atoms with van der Waals surface area (Å²) in [7, 11) is 1.64. The van der Waals surface area contributed by atoms with Crippen LogP contribution in [0.4, 0.5) is 0 Å². The molecule has 2 aliphatic rings. The molecule has 0 bridgehead atoms. The Morgan fingerprint density at radius 1 is 1.10 bits per heavy atom. The normalized spacial score (nSPS) is 25.6. The van der Waals surface area contributed by atoms with Crippen LogP contribution in [-0.2, 0) is 9.53 Å². The van der Waals surface area contributed by atoms with E-state index < -0.39 is 0 Å². The molecule has 2 aliphatic heterocycles. The van der Waals surface area contributed by atoms with Gasteiger partial charge in [0.1, 0.15) is 17.5 Å². The number of fused-ring (bicyclic) bond motifs is 1. The third-order valence-electron chi connectivity index (χ3n) is 6.00. The van der Waals surface area contributed by atoms with E-state index in [2.05, 4.69) is 10.9 Å². The third kappa shape index (κ3) is 3.64. The summed E-state index contributed by atoms with van der Waals surface area (Å²) in [6.45, 7) is 5.53. The highest BCUT2D eigenvalue weighted by atomic mass is 16.5. The summed E-state index contributed by atoms with van der Waals surface area (Å²) >= 11 is 0. The number of ether oxygens (including phenoxy) is 2. The van der Waals surface area contributed by atoms with E-state index >= 15 is 0 Å². The van der Waals surface area contributed by atoms with Gasteiger partial charge in [-0.15, -0.1) is 0 Å². The minimum Gasteiger partial charge on any atom is -0.508 e. The van der Waals surface area contributed by atoms with Crippen molar-refractivity contribution >= 4 is 5.91 Å². The molecule has 2 saturated heterocycles. The molecule has 2 fully saturated rings. The molecular formula is C23H29N3O4. The number of nitrogens with one attached hydrogen (secondary N) is 2. The molecule has 0 saturated carbocycles. The lowest BCUT2D eigenvalue weighted by Crippen LogP contribution is -2.42. The first-order valence-electron chi connectivity index (χ1n) is 10.4. The van der Waals surface area contributed by atoms with E-state index in [0.29, 0.717) is 19.8 Å². The predicted octanol–water partition coefficient (Wildman–Crippen LogP) is 2.46. The van der Waals surface area contributed by atoms with Crippen LogP contribution in [0.15, 0.2) is 42.5 Å². The van der Waals surface area contributed by atoms with Gasteiger partial charge in [-0.3, -0.25) is 4.79 Å². The average molecular weight is 412 g/mol. The minimum atomic E-state index is -0.372. The number of hydrogen-bond acceptors (Lipinski definition) is 6. The van der Waals surface area contributed by atoms with Crippen molar-refractivity contribution in [1.29, 1.82) is 0 Å². The Balaban J connectivity index is 1.74. The Labute approximate surface area is 177 Å². The van der Waals surface area contributed by atoms with Crippen molar-refractivity contribution in [2.24, 2.45) is 5.92 Å². The van der Waals surface area contributed by atoms with E-state index in [1.54, 1.807) is 13.2 Å². The van der Waals surface area contributed by atoms with Crippen LogP contribution >= 0.6 is 0 Å². The number of benzene rings is 2. The van der Waals surface area contributed by atoms with Gasteiger partial charge >= 0.3 is 0 Å². The van der Waals surface area contributed by atoms with Gasteiger partial charge in [0.25, 0.3) is 0 Å². The first-order valence-corrected chi connectivity index (χ1v) is 10.4. The van der Waals surface area contributed by atoms with Crippen molar-refractivity contribution < 1.29 is 19.4 Å². The van der Waals surface area contributed by atoms with Crippen LogP contribution in [0.5, 0.6) is 11.5 Å². The molecule has 4 unspecified atom stereocenters. The van der Waals surface area contributed by atoms with Crippen molar-refractivity contribution in [1.82, 2.24) is 15.8 Å². The molecule has 2 aromatic carbocycles. The average Bonchev–Trinajstić information content (AvgIpc) is 3.28. The first kappa shape index (κ1) is 20.7. The summed E-state index contributed by atoms with van der Waals surface area (Å²) in [5, 5.41) is 10.5. The lowest BCUT2D eigenvalue weighted by molar-refractivity contribution is -0.131. The van der Waals surface area contributed by atoms with Gasteiger partial charge in [0.2, 0.25) is 5.91 Å². The summed E-state index contributed by atoms with van der Waals surface area (Å²) in [5.74, 6) is 0.993. The van der Waals surface area contributed by atoms with E-state index in [1.807, 2.05) is 55.1 Å². The van der Waals surface area contributed by atoms with Gasteiger partial charge in [0.05, 0.1) is 25.3 Å². The molecule has 0 radical (unpaired) electrons. The van der Waals surface area contributed by atoms with E-state index in [4.69, 9.17) is 9.47 Å². The van der Waals surface area contributed by atoms with Gasteiger partial charge in [-0.2, -0.15) is 0 Å². The van der Waals surface area contributed by atoms with Gasteiger partial charge in [-0.25, -0.2) is 10.9 Å². The van der Waals surface area contributed by atoms with Crippen LogP contribution in [0.1, 0.15) is 35.7 Å². The number of methoxy groups -OCH3 is 1. The SMILES string of the molecule is CCOc1ccc(C2C3C(NNC3c3cc(C)ccc3O)C(=O)N2CCOC)cc1. The fourth-order valence-electron chi connectivity index (χ4n) is 4.66. The molecule has 2 heterocycles. The summed E-state index contributed by atoms with van der Waals surface area (Å²) in [6.07, 6.45) is 0. The number of aromatic hydroxyl groups is 1. The smallest absolute Gasteiger partial charge is 0.242 e. The second-order valence-electron chi connectivity index (χ2n) is 7.85. The van der Waals surface area contributed by atoms with E-state index in [9.17, 15) is 9.90 Å². The van der Waals surface area contributed by atoms with Crippen LogP contribution in [0.2, 0.25) is 0 Å². The first-order chi connectivity index (χ1) is 14.5. The van der Waals surface area contributed by atoms with Crippen LogP contribution in [-0.4, -0.2) is 48.8 Å². The molecule has 0 aromatic heterocycles. The zero-order valence-corrected chi connectivity index (χ0v) is 17.6. The number of hydrazine groups is 1. The lowest BCUT2D eigenvalue weighted by Gasteiger charge is -2.31. The number of carbonyl (C=O) groups excluding carboxylic acids is 1. The number of likely N-dealkylation sites (tertiary alicyclic amines) is 1. The summed E-state index contributed by atoms with van der Waals surface area (Å²) in [4.78, 5) is 15.1. The highest BCUT2D eigenvalue weighted by Gasteiger charge is 2.55. The van der Waals surface area contributed by atoms with Gasteiger partial charge in [-0.05, 0) is 37.6 Å². The van der Waals surface area contributed by atoms with Crippen molar-refractivity contribution in [2.75, 3.05) is 26.9 Å². The quantitative estimate of drug-likeness (QED) is 0.649. The third-order valence-corrected chi connectivity index (χ3v) is 6.00. The molecule has 30 heavy (non-hydrogen) atoms. The Morgan fingerprint density at radius 2 is 1.83 bits per heavy atom. The number of rotatable bonds is 7. The summed E-state index contributed by atoms with van der Waals surface area (Å²) in [5.41, 5.74) is 9.35. The van der Waals surface area contributed by atoms with Gasteiger partial charge in [0, 0.05) is 25.1 Å². The predicted molar refractivity (Wildman–Crippen MR) is 113 cm³/mol. The monoisotopic (exact) mass is 411 g/mol. The molecule has 2 aromatic rings. The number of hydrogen-bond donors (Lipinski definition) is 3. The Kier molecular flexibility index (Phi) is 5.94. The zero-order chi connectivity index (χ0) is 21.3. The molecule has 0 aliphatic carbocycles. The zero-order valence-electron chi connectivity index (χ0n) is 17.6. The van der Waals surface area contributed by atoms with E-state index in [0.717, 1.165) is 22.4 Å². The van der Waals surface area contributed by atoms with Crippen molar-refractivity contribution in [3.8, 4) is 11.5 Å². The van der Waals surface area contributed by atoms with Crippen LogP contribution < -0.4 is 15.6 Å². The molecule has 0 spiro atoms. The minimum absolute atomic E-state index is 0.0399. The largest absolute Gasteiger partial charge is 0.508 e. The number of nitrogens with zero attached hydrogens (tertiary/aromatic N) is 1. The maximum absolute atomic E-state index is 13.3. The van der Waals surface area contributed by atoms with Crippen molar-refractivity contribution in [3.63, 3.8) is 0 Å². The second-order valence-corrected chi connectivity index (χ2v) is 7.85. The van der Waals surface area contributed by atoms with Gasteiger partial charge in [-0.1, -0.05) is 29.8 Å². The second kappa shape index (κ2) is 8.63. The molecule has 4 atom stereocenters. The molecule has 4 rings (SSSR count). The Morgan fingerprint density at radius 3 is 2.53 bits per heavy atom. The standard InChI is InChI=1S/C23H29N3O4/c1-4-30-16-8-6-15(7-9-16)22-19-20(17-13-14(2)5-10-18(17)27)24-25-21(19)23(28)26(22)11-12-29-3/h5-10,13,19-22,24-25,27H,4,11-12H2,1-3H3. The van der Waals surface area contributed by atoms with Crippen LogP contribution in [0.25, 0.3) is 0 Å². The fourth-order valence-corrected chi connectivity index (χ4v) is 4.66. The highest BCUT2D eigenvalue weighted by molar-refractivity contribution is 5.86. The maximum atomic E-state index is 13.3. The molecule has 7 heteroatoms. The van der Waals surface area contributed by atoms with Crippen molar-refractivity contribution in [2.45, 2.75) is 32.0 Å². The number of carbonyl (C=O) groups is 1. The number of aryl methyl sites for hydroxylation is 1. The number of amides is 1. The molecular weight excluding hydrogens is 382 g/mol. The highest BCUT2D eigenvalue weighted by Crippen LogP contribution is 2.48. The Bertz CT molecular complexity index is 902. The van der Waals surface area contributed by atoms with E-state index in [1.165, 1.54) is 0 Å². The number of phenols is 1. The van der Waals surface area contributed by atoms with E-state index in [-0.39, 0.29) is 35.7 Å². The van der Waals surface area contributed by atoms with Gasteiger partial charge in [0.15, 0.2) is 0 Å². The summed E-state index contributed by atoms with van der Waals surface area (Å²) < 4.78 is 10.8. The van der Waals surface area contributed by atoms with Crippen molar-refractivity contribution in [3.05, 3.63) is 59.2 Å². The number of phenolic OH excluding ortho intramolecular Hbond substituents is 1. The fraction of sp³-hybridized carbons (Fsp3) is 0.435.